The summed E-state index contributed by atoms with van der Waals surface area (Å²) in [7, 11) is 0. The van der Waals surface area contributed by atoms with Gasteiger partial charge in [-0.3, -0.25) is 4.79 Å². The molecule has 2 aliphatic rings. The van der Waals surface area contributed by atoms with Crippen LogP contribution in [-0.2, 0) is 9.59 Å². The number of hydrogen-bond acceptors (Lipinski definition) is 4. The summed E-state index contributed by atoms with van der Waals surface area (Å²) in [6.45, 7) is 6.91. The monoisotopic (exact) mass is 285 g/mol. The molecule has 0 spiro atoms. The number of carbonyl (C=O) groups excluding carboxylic acids is 2. The van der Waals surface area contributed by atoms with Gasteiger partial charge in [0.05, 0.1) is 0 Å². The van der Waals surface area contributed by atoms with Crippen molar-refractivity contribution in [2.75, 3.05) is 0 Å². The minimum Gasteiger partial charge on any atom is -0.480 e. The number of hydrogen-bond donors (Lipinski definition) is 3. The fourth-order valence-corrected chi connectivity index (χ4v) is 4.05. The molecule has 0 bridgehead atoms. The van der Waals surface area contributed by atoms with Crippen molar-refractivity contribution < 1.29 is 19.5 Å². The fraction of sp³-hybridized carbons (Fsp3) is 0.545. The molecule has 3 atom stereocenters. The van der Waals surface area contributed by atoms with E-state index in [-0.39, 0.29) is 11.3 Å². The zero-order chi connectivity index (χ0) is 14.4. The molecule has 3 N–H and O–H groups in total. The number of thioether (sulfide) groups is 1. The molecule has 0 aromatic carbocycles. The van der Waals surface area contributed by atoms with E-state index in [0.29, 0.717) is 0 Å². The Bertz CT molecular complexity index is 465. The van der Waals surface area contributed by atoms with Crippen LogP contribution in [0.25, 0.3) is 0 Å². The van der Waals surface area contributed by atoms with Crippen molar-refractivity contribution >= 4 is 29.7 Å². The molecule has 0 unspecified atom stereocenters. The highest BCUT2D eigenvalue weighted by molar-refractivity contribution is 8.01. The standard InChI is InChI=1S/C11H15N3O4S/c1-4-12-10(18)13-5-7(15)14-6(9(16)17)11(2,3)19-8(5)14/h4-6,8H,1H2,2-3H3,(H,16,17)(H2,12,13,18)/t5-,6+,8-/m1/s1. The maximum atomic E-state index is 12.0. The lowest BCUT2D eigenvalue weighted by molar-refractivity contribution is -0.159. The molecule has 2 fully saturated rings. The number of β-lactam (4-membered cyclic amide) rings is 1. The first-order valence-corrected chi connectivity index (χ1v) is 6.58. The van der Waals surface area contributed by atoms with Gasteiger partial charge in [0.2, 0.25) is 5.91 Å². The third-order valence-corrected chi connectivity index (χ3v) is 4.77. The van der Waals surface area contributed by atoms with Crippen LogP contribution in [-0.4, -0.2) is 50.1 Å². The first-order chi connectivity index (χ1) is 8.79. The average molecular weight is 285 g/mol. The summed E-state index contributed by atoms with van der Waals surface area (Å²) in [6.07, 6.45) is 1.21. The number of carbonyl (C=O) groups is 3. The average Bonchev–Trinajstić information content (AvgIpc) is 2.55. The van der Waals surface area contributed by atoms with Crippen LogP contribution in [0.2, 0.25) is 0 Å². The van der Waals surface area contributed by atoms with E-state index in [4.69, 9.17) is 0 Å². The van der Waals surface area contributed by atoms with Crippen LogP contribution >= 0.6 is 11.8 Å². The molecule has 0 saturated carbocycles. The summed E-state index contributed by atoms with van der Waals surface area (Å²) in [5, 5.41) is 13.7. The van der Waals surface area contributed by atoms with Crippen LogP contribution in [0.5, 0.6) is 0 Å². The van der Waals surface area contributed by atoms with Crippen molar-refractivity contribution in [1.29, 1.82) is 0 Å². The van der Waals surface area contributed by atoms with Gasteiger partial charge in [0.1, 0.15) is 17.5 Å². The van der Waals surface area contributed by atoms with Crippen LogP contribution in [0.15, 0.2) is 12.8 Å². The SMILES string of the molecule is C=CNC(=O)N[C@@H]1C(=O)N2[C@@H]1SC(C)(C)[C@@H]2C(=O)O. The number of amides is 3. The van der Waals surface area contributed by atoms with Crippen molar-refractivity contribution in [3.05, 3.63) is 12.8 Å². The predicted octanol–water partition coefficient (Wildman–Crippen LogP) is -0.0554. The molecule has 7 nitrogen and oxygen atoms in total. The number of carboxylic acids is 1. The molecule has 0 aliphatic carbocycles. The van der Waals surface area contributed by atoms with Crippen molar-refractivity contribution in [3.8, 4) is 0 Å². The molecular formula is C11H15N3O4S. The fourth-order valence-electron chi connectivity index (χ4n) is 2.42. The summed E-state index contributed by atoms with van der Waals surface area (Å²) in [5.74, 6) is -1.39. The van der Waals surface area contributed by atoms with Crippen molar-refractivity contribution in [2.24, 2.45) is 0 Å². The minimum atomic E-state index is -1.03. The Kier molecular flexibility index (Phi) is 3.21. The van der Waals surface area contributed by atoms with E-state index in [0.717, 1.165) is 0 Å². The molecule has 2 aliphatic heterocycles. The van der Waals surface area contributed by atoms with E-state index in [2.05, 4.69) is 17.2 Å². The molecule has 2 heterocycles. The second-order valence-corrected chi connectivity index (χ2v) is 6.67. The normalized spacial score (nSPS) is 31.2. The number of carboxylic acid groups (broad SMARTS) is 1. The number of fused-ring (bicyclic) bond motifs is 1. The minimum absolute atomic E-state index is 0.334. The lowest BCUT2D eigenvalue weighted by Gasteiger charge is -2.43. The van der Waals surface area contributed by atoms with Crippen LogP contribution < -0.4 is 10.6 Å². The molecular weight excluding hydrogens is 270 g/mol. The van der Waals surface area contributed by atoms with Crippen LogP contribution in [0.1, 0.15) is 13.8 Å². The first kappa shape index (κ1) is 13.7. The Labute approximate surface area is 114 Å². The molecule has 3 amide bonds. The first-order valence-electron chi connectivity index (χ1n) is 5.70. The molecule has 0 aromatic heterocycles. The van der Waals surface area contributed by atoms with Crippen molar-refractivity contribution in [1.82, 2.24) is 15.5 Å². The van der Waals surface area contributed by atoms with Crippen LogP contribution in [0.3, 0.4) is 0 Å². The topological polar surface area (TPSA) is 98.7 Å². The van der Waals surface area contributed by atoms with Gasteiger partial charge in [-0.05, 0) is 20.0 Å². The van der Waals surface area contributed by atoms with E-state index in [1.54, 1.807) is 13.8 Å². The number of aliphatic carboxylic acids is 1. The highest BCUT2D eigenvalue weighted by Crippen LogP contribution is 2.50. The molecule has 8 heteroatoms. The third kappa shape index (κ3) is 2.05. The lowest BCUT2D eigenvalue weighted by atomic mass is 9.96. The van der Waals surface area contributed by atoms with E-state index in [1.165, 1.54) is 22.9 Å². The Balaban J connectivity index is 2.12. The predicted molar refractivity (Wildman–Crippen MR) is 69.4 cm³/mol. The Hall–Kier alpha value is -1.70. The Morgan fingerprint density at radius 1 is 1.53 bits per heavy atom. The summed E-state index contributed by atoms with van der Waals surface area (Å²) in [5.41, 5.74) is 0. The number of urea groups is 1. The largest absolute Gasteiger partial charge is 0.480 e. The number of rotatable bonds is 3. The third-order valence-electron chi connectivity index (χ3n) is 3.19. The van der Waals surface area contributed by atoms with Gasteiger partial charge in [0.15, 0.2) is 0 Å². The van der Waals surface area contributed by atoms with Gasteiger partial charge in [-0.25, -0.2) is 9.59 Å². The molecule has 2 rings (SSSR count). The zero-order valence-electron chi connectivity index (χ0n) is 10.5. The second kappa shape index (κ2) is 4.44. The van der Waals surface area contributed by atoms with Gasteiger partial charge in [-0.2, -0.15) is 0 Å². The van der Waals surface area contributed by atoms with Crippen LogP contribution in [0.4, 0.5) is 4.79 Å². The van der Waals surface area contributed by atoms with Crippen LogP contribution in [0, 0.1) is 0 Å². The highest BCUT2D eigenvalue weighted by atomic mass is 32.2. The Morgan fingerprint density at radius 2 is 2.16 bits per heavy atom. The smallest absolute Gasteiger partial charge is 0.327 e. The molecule has 104 valence electrons. The highest BCUT2D eigenvalue weighted by Gasteiger charge is 2.64. The second-order valence-electron chi connectivity index (χ2n) is 4.90. The van der Waals surface area contributed by atoms with Gasteiger partial charge < -0.3 is 20.6 Å². The maximum absolute atomic E-state index is 12.0. The maximum Gasteiger partial charge on any atom is 0.327 e. The van der Waals surface area contributed by atoms with Gasteiger partial charge in [-0.1, -0.05) is 6.58 Å². The summed E-state index contributed by atoms with van der Waals surface area (Å²) in [6, 6.07) is -2.07. The summed E-state index contributed by atoms with van der Waals surface area (Å²) >= 11 is 1.38. The van der Waals surface area contributed by atoms with Gasteiger partial charge in [-0.15, -0.1) is 11.8 Å². The van der Waals surface area contributed by atoms with E-state index in [1.807, 2.05) is 0 Å². The van der Waals surface area contributed by atoms with Gasteiger partial charge in [0, 0.05) is 4.75 Å². The van der Waals surface area contributed by atoms with E-state index >= 15 is 0 Å². The number of nitrogens with zero attached hydrogens (tertiary/aromatic N) is 1. The molecule has 19 heavy (non-hydrogen) atoms. The quantitative estimate of drug-likeness (QED) is 0.631. The molecule has 0 radical (unpaired) electrons. The summed E-state index contributed by atoms with van der Waals surface area (Å²) < 4.78 is -0.586. The van der Waals surface area contributed by atoms with Crippen molar-refractivity contribution in [2.45, 2.75) is 36.1 Å². The lowest BCUT2D eigenvalue weighted by Crippen LogP contribution is -2.71. The van der Waals surface area contributed by atoms with E-state index < -0.39 is 28.8 Å². The zero-order valence-corrected chi connectivity index (χ0v) is 11.4. The van der Waals surface area contributed by atoms with E-state index in [9.17, 15) is 19.5 Å². The molecule has 2 saturated heterocycles. The van der Waals surface area contributed by atoms with Crippen molar-refractivity contribution in [3.63, 3.8) is 0 Å². The summed E-state index contributed by atoms with van der Waals surface area (Å²) in [4.78, 5) is 35.9. The number of nitrogens with one attached hydrogen (secondary N) is 2. The van der Waals surface area contributed by atoms with Gasteiger partial charge >= 0.3 is 12.0 Å². The molecule has 0 aromatic rings. The Morgan fingerprint density at radius 3 is 2.68 bits per heavy atom. The van der Waals surface area contributed by atoms with Gasteiger partial charge in [0.25, 0.3) is 0 Å².